The van der Waals surface area contributed by atoms with Gasteiger partial charge in [-0.05, 0) is 36.4 Å². The fourth-order valence-electron chi connectivity index (χ4n) is 2.42. The molecule has 4 aromatic rings. The van der Waals surface area contributed by atoms with Crippen LogP contribution in [0.1, 0.15) is 0 Å². The minimum atomic E-state index is 0.441. The molecule has 0 saturated heterocycles. The predicted molar refractivity (Wildman–Crippen MR) is 87.0 cm³/mol. The highest BCUT2D eigenvalue weighted by Crippen LogP contribution is 2.26. The monoisotopic (exact) mass is 287 g/mol. The van der Waals surface area contributed by atoms with Crippen LogP contribution in [0.4, 0.5) is 5.82 Å². The molecule has 0 amide bonds. The summed E-state index contributed by atoms with van der Waals surface area (Å²) in [6, 6.07) is 17.4. The van der Waals surface area contributed by atoms with Crippen LogP contribution in [-0.2, 0) is 0 Å². The Bertz CT molecular complexity index is 911. The molecule has 1 aromatic carbocycles. The van der Waals surface area contributed by atoms with Gasteiger partial charge < -0.3 is 10.7 Å². The van der Waals surface area contributed by atoms with Gasteiger partial charge in [-0.2, -0.15) is 0 Å². The molecule has 106 valence electrons. The van der Waals surface area contributed by atoms with E-state index in [9.17, 15) is 0 Å². The first kappa shape index (κ1) is 12.5. The average Bonchev–Trinajstić information content (AvgIpc) is 2.99. The lowest BCUT2D eigenvalue weighted by Crippen LogP contribution is -1.97. The lowest BCUT2D eigenvalue weighted by molar-refractivity contribution is 1.23. The summed E-state index contributed by atoms with van der Waals surface area (Å²) in [6.07, 6.45) is 1.74. The molecule has 0 atom stereocenters. The summed E-state index contributed by atoms with van der Waals surface area (Å²) in [7, 11) is 0. The Morgan fingerprint density at radius 1 is 0.818 bits per heavy atom. The number of pyridine rings is 2. The molecular formula is C17H13N5. The molecule has 3 heterocycles. The smallest absolute Gasteiger partial charge is 0.157 e. The van der Waals surface area contributed by atoms with E-state index in [4.69, 9.17) is 5.73 Å². The number of nitrogens with two attached hydrogens (primary N) is 1. The molecule has 0 bridgehead atoms. The van der Waals surface area contributed by atoms with E-state index in [-0.39, 0.29) is 0 Å². The first-order valence-electron chi connectivity index (χ1n) is 6.94. The van der Waals surface area contributed by atoms with E-state index in [2.05, 4.69) is 19.9 Å². The Balaban J connectivity index is 1.79. The SMILES string of the molecule is Nc1nc(-c2nc3ccccc3[nH]2)ccc1-c1ccccn1. The number of nitrogens with one attached hydrogen (secondary N) is 1. The van der Waals surface area contributed by atoms with Crippen LogP contribution in [0, 0.1) is 0 Å². The maximum atomic E-state index is 6.09. The van der Waals surface area contributed by atoms with Crippen LogP contribution in [0.25, 0.3) is 33.8 Å². The van der Waals surface area contributed by atoms with E-state index >= 15 is 0 Å². The summed E-state index contributed by atoms with van der Waals surface area (Å²) in [6.45, 7) is 0. The van der Waals surface area contributed by atoms with Crippen molar-refractivity contribution in [2.24, 2.45) is 0 Å². The topological polar surface area (TPSA) is 80.5 Å². The van der Waals surface area contributed by atoms with Crippen LogP contribution in [0.5, 0.6) is 0 Å². The van der Waals surface area contributed by atoms with Gasteiger partial charge in [-0.1, -0.05) is 18.2 Å². The van der Waals surface area contributed by atoms with E-state index in [0.29, 0.717) is 17.3 Å². The quantitative estimate of drug-likeness (QED) is 0.593. The standard InChI is InChI=1S/C17H13N5/c18-16-11(12-5-3-4-10-19-12)8-9-15(20-16)17-21-13-6-1-2-7-14(13)22-17/h1-10H,(H2,18,20)(H,21,22). The Labute approximate surface area is 126 Å². The molecule has 22 heavy (non-hydrogen) atoms. The van der Waals surface area contributed by atoms with Crippen LogP contribution in [0.3, 0.4) is 0 Å². The van der Waals surface area contributed by atoms with Crippen molar-refractivity contribution < 1.29 is 0 Å². The molecule has 5 nitrogen and oxygen atoms in total. The lowest BCUT2D eigenvalue weighted by atomic mass is 10.1. The number of rotatable bonds is 2. The lowest BCUT2D eigenvalue weighted by Gasteiger charge is -2.05. The highest BCUT2D eigenvalue weighted by atomic mass is 15.0. The summed E-state index contributed by atoms with van der Waals surface area (Å²) >= 11 is 0. The minimum Gasteiger partial charge on any atom is -0.383 e. The second-order valence-corrected chi connectivity index (χ2v) is 4.95. The number of para-hydroxylation sites is 2. The summed E-state index contributed by atoms with van der Waals surface area (Å²) in [4.78, 5) is 16.6. The Morgan fingerprint density at radius 2 is 1.68 bits per heavy atom. The number of H-pyrrole nitrogens is 1. The van der Waals surface area contributed by atoms with Gasteiger partial charge in [0, 0.05) is 11.8 Å². The number of nitrogens with zero attached hydrogens (tertiary/aromatic N) is 3. The largest absolute Gasteiger partial charge is 0.383 e. The normalized spacial score (nSPS) is 10.9. The average molecular weight is 287 g/mol. The van der Waals surface area contributed by atoms with Gasteiger partial charge >= 0.3 is 0 Å². The number of hydrogen-bond acceptors (Lipinski definition) is 4. The third kappa shape index (κ3) is 2.09. The molecule has 3 aromatic heterocycles. The first-order chi connectivity index (χ1) is 10.8. The van der Waals surface area contributed by atoms with Crippen LogP contribution >= 0.6 is 0 Å². The number of anilines is 1. The van der Waals surface area contributed by atoms with Crippen molar-refractivity contribution in [3.05, 3.63) is 60.8 Å². The third-order valence-electron chi connectivity index (χ3n) is 3.50. The van der Waals surface area contributed by atoms with Crippen molar-refractivity contribution in [1.29, 1.82) is 0 Å². The highest BCUT2D eigenvalue weighted by molar-refractivity contribution is 5.80. The molecule has 0 radical (unpaired) electrons. The Morgan fingerprint density at radius 3 is 2.45 bits per heavy atom. The number of fused-ring (bicyclic) bond motifs is 1. The summed E-state index contributed by atoms with van der Waals surface area (Å²) < 4.78 is 0. The second-order valence-electron chi connectivity index (χ2n) is 4.95. The zero-order valence-corrected chi connectivity index (χ0v) is 11.7. The van der Waals surface area contributed by atoms with Crippen molar-refractivity contribution in [1.82, 2.24) is 19.9 Å². The fraction of sp³-hybridized carbons (Fsp3) is 0. The molecule has 5 heteroatoms. The molecule has 4 rings (SSSR count). The van der Waals surface area contributed by atoms with E-state index in [1.807, 2.05) is 54.6 Å². The molecule has 0 aliphatic rings. The van der Waals surface area contributed by atoms with Gasteiger partial charge in [0.1, 0.15) is 11.5 Å². The van der Waals surface area contributed by atoms with Crippen molar-refractivity contribution >= 4 is 16.9 Å². The van der Waals surface area contributed by atoms with Crippen LogP contribution in [0.15, 0.2) is 60.8 Å². The number of imidazole rings is 1. The number of aromatic amines is 1. The number of nitrogen functional groups attached to an aromatic ring is 1. The van der Waals surface area contributed by atoms with Crippen molar-refractivity contribution in [2.75, 3.05) is 5.73 Å². The van der Waals surface area contributed by atoms with E-state index in [1.165, 1.54) is 0 Å². The van der Waals surface area contributed by atoms with Crippen molar-refractivity contribution in [3.8, 4) is 22.8 Å². The molecule has 3 N–H and O–H groups in total. The third-order valence-corrected chi connectivity index (χ3v) is 3.50. The summed E-state index contributed by atoms with van der Waals surface area (Å²) in [5.41, 5.74) is 10.3. The zero-order chi connectivity index (χ0) is 14.9. The van der Waals surface area contributed by atoms with Crippen molar-refractivity contribution in [3.63, 3.8) is 0 Å². The number of benzene rings is 1. The van der Waals surface area contributed by atoms with Gasteiger partial charge in [0.25, 0.3) is 0 Å². The molecular weight excluding hydrogens is 274 g/mol. The van der Waals surface area contributed by atoms with Gasteiger partial charge in [0.2, 0.25) is 0 Å². The molecule has 0 aliphatic heterocycles. The van der Waals surface area contributed by atoms with Crippen molar-refractivity contribution in [2.45, 2.75) is 0 Å². The van der Waals surface area contributed by atoms with E-state index < -0.39 is 0 Å². The van der Waals surface area contributed by atoms with Crippen LogP contribution in [0.2, 0.25) is 0 Å². The van der Waals surface area contributed by atoms with E-state index in [0.717, 1.165) is 22.3 Å². The maximum absolute atomic E-state index is 6.09. The number of aromatic nitrogens is 4. The maximum Gasteiger partial charge on any atom is 0.157 e. The number of hydrogen-bond donors (Lipinski definition) is 2. The predicted octanol–water partition coefficient (Wildman–Crippen LogP) is 3.27. The Kier molecular flexibility index (Phi) is 2.83. The van der Waals surface area contributed by atoms with Gasteiger partial charge in [-0.25, -0.2) is 9.97 Å². The minimum absolute atomic E-state index is 0.441. The molecule has 0 unspecified atom stereocenters. The molecule has 0 saturated carbocycles. The second kappa shape index (κ2) is 4.96. The van der Waals surface area contributed by atoms with Crippen LogP contribution in [-0.4, -0.2) is 19.9 Å². The van der Waals surface area contributed by atoms with Gasteiger partial charge in [0.05, 0.1) is 16.7 Å². The van der Waals surface area contributed by atoms with Gasteiger partial charge in [0.15, 0.2) is 5.82 Å². The molecule has 0 spiro atoms. The first-order valence-corrected chi connectivity index (χ1v) is 6.94. The van der Waals surface area contributed by atoms with Crippen LogP contribution < -0.4 is 5.73 Å². The zero-order valence-electron chi connectivity index (χ0n) is 11.7. The Hall–Kier alpha value is -3.21. The summed E-state index contributed by atoms with van der Waals surface area (Å²) in [5.74, 6) is 1.15. The summed E-state index contributed by atoms with van der Waals surface area (Å²) in [5, 5.41) is 0. The van der Waals surface area contributed by atoms with E-state index in [1.54, 1.807) is 6.20 Å². The molecule has 0 fully saturated rings. The molecule has 0 aliphatic carbocycles. The highest BCUT2D eigenvalue weighted by Gasteiger charge is 2.10. The van der Waals surface area contributed by atoms with Gasteiger partial charge in [-0.15, -0.1) is 0 Å². The van der Waals surface area contributed by atoms with Gasteiger partial charge in [-0.3, -0.25) is 4.98 Å². The fourth-order valence-corrected chi connectivity index (χ4v) is 2.42.